The van der Waals surface area contributed by atoms with Crippen LogP contribution in [0.4, 0.5) is 30.6 Å². The van der Waals surface area contributed by atoms with Crippen LogP contribution in [0.25, 0.3) is 22.3 Å². The second-order valence-electron chi connectivity index (χ2n) is 10.9. The summed E-state index contributed by atoms with van der Waals surface area (Å²) in [6, 6.07) is 3.90. The first-order valence-corrected chi connectivity index (χ1v) is 13.2. The molecule has 11 heteroatoms. The van der Waals surface area contributed by atoms with Gasteiger partial charge in [0.2, 0.25) is 11.8 Å². The second kappa shape index (κ2) is 10.0. The zero-order valence-corrected chi connectivity index (χ0v) is 21.7. The zero-order chi connectivity index (χ0) is 27.1. The summed E-state index contributed by atoms with van der Waals surface area (Å²) in [5, 5.41) is 10.8. The van der Waals surface area contributed by atoms with Crippen LogP contribution in [0.15, 0.2) is 36.8 Å². The highest BCUT2D eigenvalue weighted by molar-refractivity contribution is 5.93. The van der Waals surface area contributed by atoms with Gasteiger partial charge in [-0.05, 0) is 54.8 Å². The fraction of sp³-hybridized carbons (Fsp3) is 0.393. The summed E-state index contributed by atoms with van der Waals surface area (Å²) in [6.07, 6.45) is 9.55. The molecule has 1 aliphatic heterocycles. The van der Waals surface area contributed by atoms with Crippen molar-refractivity contribution < 1.29 is 13.2 Å². The monoisotopic (exact) mass is 534 g/mol. The van der Waals surface area contributed by atoms with Crippen molar-refractivity contribution in [2.45, 2.75) is 51.5 Å². The Labute approximate surface area is 223 Å². The minimum Gasteiger partial charge on any atom is -0.366 e. The Balaban J connectivity index is 1.42. The first-order valence-electron chi connectivity index (χ1n) is 13.2. The quantitative estimate of drug-likeness (QED) is 0.271. The summed E-state index contributed by atoms with van der Waals surface area (Å²) in [4.78, 5) is 21.9. The van der Waals surface area contributed by atoms with Gasteiger partial charge in [0, 0.05) is 42.0 Å². The van der Waals surface area contributed by atoms with E-state index >= 15 is 0 Å². The predicted octanol–water partition coefficient (Wildman–Crippen LogP) is 5.71. The number of aromatic nitrogens is 5. The van der Waals surface area contributed by atoms with Crippen molar-refractivity contribution in [3.8, 4) is 11.4 Å². The number of anilines is 3. The average molecular weight is 535 g/mol. The van der Waals surface area contributed by atoms with Crippen LogP contribution in [0.3, 0.4) is 0 Å². The minimum absolute atomic E-state index is 0.00438. The Morgan fingerprint density at radius 2 is 1.85 bits per heavy atom. The molecule has 1 saturated heterocycles. The van der Waals surface area contributed by atoms with Gasteiger partial charge in [-0.15, -0.1) is 0 Å². The minimum atomic E-state index is -1.34. The number of nitrogens with one attached hydrogen (secondary N) is 3. The Bertz CT molecular complexity index is 1540. The third kappa shape index (κ3) is 4.98. The third-order valence-electron chi connectivity index (χ3n) is 7.77. The normalized spacial score (nSPS) is 19.1. The summed E-state index contributed by atoms with van der Waals surface area (Å²) in [6.45, 7) is 6.28. The molecule has 0 amide bonds. The van der Waals surface area contributed by atoms with Gasteiger partial charge in [-0.2, -0.15) is 13.8 Å². The maximum absolute atomic E-state index is 14.2. The molecular formula is C28H29F3N8. The van der Waals surface area contributed by atoms with Crippen LogP contribution in [-0.4, -0.2) is 44.1 Å². The molecule has 1 saturated carbocycles. The van der Waals surface area contributed by atoms with E-state index in [1.807, 2.05) is 6.20 Å². The van der Waals surface area contributed by atoms with Crippen molar-refractivity contribution >= 4 is 28.4 Å². The lowest BCUT2D eigenvalue weighted by Crippen LogP contribution is -2.49. The number of pyridine rings is 3. The highest BCUT2D eigenvalue weighted by atomic mass is 19.2. The maximum Gasteiger partial charge on any atom is 0.217 e. The summed E-state index contributed by atoms with van der Waals surface area (Å²) in [7, 11) is 0. The number of nitrogens with zero attached hydrogens (tertiary/aromatic N) is 5. The van der Waals surface area contributed by atoms with Crippen LogP contribution in [0.5, 0.6) is 0 Å². The van der Waals surface area contributed by atoms with Gasteiger partial charge < -0.3 is 16.0 Å². The van der Waals surface area contributed by atoms with Crippen molar-refractivity contribution in [2.24, 2.45) is 5.41 Å². The summed E-state index contributed by atoms with van der Waals surface area (Å²) < 4.78 is 41.5. The molecular weight excluding hydrogens is 505 g/mol. The SMILES string of the molecule is CC1(C)CNCCC1Nc1nc(-c2ccnc(Nc3nc(F)cc(F)c3F)c2)nc2cncc(C3CCC3)c12. The zero-order valence-electron chi connectivity index (χ0n) is 21.7. The van der Waals surface area contributed by atoms with Gasteiger partial charge in [0.05, 0.1) is 11.7 Å². The van der Waals surface area contributed by atoms with Crippen LogP contribution < -0.4 is 16.0 Å². The Morgan fingerprint density at radius 1 is 1.00 bits per heavy atom. The molecule has 202 valence electrons. The molecule has 39 heavy (non-hydrogen) atoms. The highest BCUT2D eigenvalue weighted by Gasteiger charge is 2.33. The number of rotatable bonds is 6. The summed E-state index contributed by atoms with van der Waals surface area (Å²) >= 11 is 0. The summed E-state index contributed by atoms with van der Waals surface area (Å²) in [5.41, 5.74) is 2.48. The molecule has 0 bridgehead atoms. The highest BCUT2D eigenvalue weighted by Crippen LogP contribution is 2.42. The number of hydrogen-bond donors (Lipinski definition) is 3. The van der Waals surface area contributed by atoms with Crippen LogP contribution in [0.1, 0.15) is 51.0 Å². The van der Waals surface area contributed by atoms with Crippen LogP contribution in [-0.2, 0) is 0 Å². The smallest absolute Gasteiger partial charge is 0.217 e. The first kappa shape index (κ1) is 25.4. The second-order valence-corrected chi connectivity index (χ2v) is 10.9. The van der Waals surface area contributed by atoms with Crippen LogP contribution in [0.2, 0.25) is 0 Å². The molecule has 6 rings (SSSR count). The fourth-order valence-corrected chi connectivity index (χ4v) is 5.29. The van der Waals surface area contributed by atoms with Crippen molar-refractivity contribution in [3.05, 3.63) is 59.9 Å². The van der Waals surface area contributed by atoms with Crippen LogP contribution >= 0.6 is 0 Å². The largest absolute Gasteiger partial charge is 0.366 e. The standard InChI is InChI=1S/C28H29F3N8/c1-28(2)14-32-8-7-20(28)36-26-23-17(15-4-3-5-15)12-33-13-19(23)35-25(39-26)16-6-9-34-22(10-16)38-27-24(31)18(29)11-21(30)37-27/h6,9-13,15,20,32H,3-5,7-8,14H2,1-2H3,(H,34,37,38)(H,35,36,39). The third-order valence-corrected chi connectivity index (χ3v) is 7.77. The topological polar surface area (TPSA) is 101 Å². The molecule has 0 aromatic carbocycles. The van der Waals surface area contributed by atoms with Crippen LogP contribution in [0, 0.1) is 23.0 Å². The van der Waals surface area contributed by atoms with Gasteiger partial charge in [0.1, 0.15) is 11.6 Å². The molecule has 5 heterocycles. The van der Waals surface area contributed by atoms with Crippen molar-refractivity contribution in [1.29, 1.82) is 0 Å². The van der Waals surface area contributed by atoms with E-state index in [4.69, 9.17) is 9.97 Å². The lowest BCUT2D eigenvalue weighted by atomic mass is 9.78. The van der Waals surface area contributed by atoms with Gasteiger partial charge in [-0.1, -0.05) is 20.3 Å². The first-order chi connectivity index (χ1) is 18.8. The van der Waals surface area contributed by atoms with E-state index in [0.29, 0.717) is 23.4 Å². The molecule has 4 aromatic heterocycles. The lowest BCUT2D eigenvalue weighted by molar-refractivity contribution is 0.236. The summed E-state index contributed by atoms with van der Waals surface area (Å²) in [5.74, 6) is -2.62. The van der Waals surface area contributed by atoms with E-state index in [2.05, 4.69) is 44.7 Å². The molecule has 2 fully saturated rings. The predicted molar refractivity (Wildman–Crippen MR) is 143 cm³/mol. The Morgan fingerprint density at radius 3 is 2.62 bits per heavy atom. The molecule has 8 nitrogen and oxygen atoms in total. The van der Waals surface area contributed by atoms with E-state index in [9.17, 15) is 13.2 Å². The van der Waals surface area contributed by atoms with Gasteiger partial charge in [-0.25, -0.2) is 19.3 Å². The Hall–Kier alpha value is -3.86. The molecule has 3 N–H and O–H groups in total. The average Bonchev–Trinajstić information content (AvgIpc) is 2.87. The van der Waals surface area contributed by atoms with Crippen molar-refractivity contribution in [2.75, 3.05) is 23.7 Å². The van der Waals surface area contributed by atoms with Crippen molar-refractivity contribution in [3.63, 3.8) is 0 Å². The number of hydrogen-bond acceptors (Lipinski definition) is 8. The Kier molecular flexibility index (Phi) is 6.54. The van der Waals surface area contributed by atoms with Crippen molar-refractivity contribution in [1.82, 2.24) is 30.2 Å². The van der Waals surface area contributed by atoms with E-state index in [-0.39, 0.29) is 17.3 Å². The molecule has 0 radical (unpaired) electrons. The number of fused-ring (bicyclic) bond motifs is 1. The van der Waals surface area contributed by atoms with E-state index < -0.39 is 23.4 Å². The van der Waals surface area contributed by atoms with E-state index in [1.165, 1.54) is 12.6 Å². The van der Waals surface area contributed by atoms with Gasteiger partial charge in [-0.3, -0.25) is 4.98 Å². The van der Waals surface area contributed by atoms with E-state index in [1.54, 1.807) is 18.3 Å². The molecule has 1 unspecified atom stereocenters. The fourth-order valence-electron chi connectivity index (χ4n) is 5.29. The lowest BCUT2D eigenvalue weighted by Gasteiger charge is -2.40. The van der Waals surface area contributed by atoms with Gasteiger partial charge in [0.15, 0.2) is 17.5 Å². The maximum atomic E-state index is 14.2. The van der Waals surface area contributed by atoms with Gasteiger partial charge >= 0.3 is 0 Å². The molecule has 2 aliphatic rings. The molecule has 4 aromatic rings. The van der Waals surface area contributed by atoms with Gasteiger partial charge in [0.25, 0.3) is 0 Å². The molecule has 1 atom stereocenters. The number of halogens is 3. The van der Waals surface area contributed by atoms with E-state index in [0.717, 1.165) is 54.6 Å². The number of piperidine rings is 1. The molecule has 1 aliphatic carbocycles. The molecule has 0 spiro atoms.